The third-order valence-electron chi connectivity index (χ3n) is 13.1. The summed E-state index contributed by atoms with van der Waals surface area (Å²) in [5.41, 5.74) is 37.5. The van der Waals surface area contributed by atoms with Gasteiger partial charge in [0.1, 0.15) is 23.6 Å². The number of rotatable bonds is 20. The molecule has 2 fully saturated rings. The smallest absolute Gasteiger partial charge is 0.185 e. The number of Topliss-reactive ketones (excluding diaryl/α,β-unsaturated/α-hetero) is 2. The van der Waals surface area contributed by atoms with Crippen LogP contribution < -0.4 is 22.9 Å². The van der Waals surface area contributed by atoms with Crippen LogP contribution in [0.3, 0.4) is 0 Å². The molecule has 8 N–H and O–H groups in total. The number of ketones is 2. The molecule has 0 radical (unpaired) electrons. The molecule has 6 aromatic carbocycles. The standard InChI is InChI=1S/2C30H32N4O2/c2*1-20-13-28(34(33-20)27-10-3-6-23(15-27)18-31)29(35)16-22-5-2-7-24(14-22)30(36-19-21-11-12-21)25-8-4-9-26(32)17-25/h2*2-10,13-15,17,21,30H,11-12,16,18-19,31-32H2,1H3. The van der Waals surface area contributed by atoms with Crippen LogP contribution >= 0.6 is 0 Å². The summed E-state index contributed by atoms with van der Waals surface area (Å²) in [7, 11) is 0. The molecule has 2 atom stereocenters. The Kier molecular flexibility index (Phi) is 15.6. The van der Waals surface area contributed by atoms with Crippen LogP contribution in [0.2, 0.25) is 0 Å². The molecule has 2 aliphatic carbocycles. The maximum atomic E-state index is 13.5. The lowest BCUT2D eigenvalue weighted by atomic mass is 9.97. The van der Waals surface area contributed by atoms with Gasteiger partial charge in [0.05, 0.1) is 36.0 Å². The largest absolute Gasteiger partial charge is 0.399 e. The lowest BCUT2D eigenvalue weighted by molar-refractivity contribution is 0.0717. The summed E-state index contributed by atoms with van der Waals surface area (Å²) in [5.74, 6) is 1.29. The molecule has 2 aliphatic rings. The first-order valence-electron chi connectivity index (χ1n) is 24.9. The summed E-state index contributed by atoms with van der Waals surface area (Å²) >= 11 is 0. The maximum absolute atomic E-state index is 13.5. The van der Waals surface area contributed by atoms with Gasteiger partial charge in [0.2, 0.25) is 0 Å². The van der Waals surface area contributed by atoms with Gasteiger partial charge in [-0.25, -0.2) is 9.36 Å². The SMILES string of the molecule is Cc1cc(C(=O)Cc2cccc(C(OCC3CC3)c3cccc(N)c3)c2)n(-c2cccc(CN)c2)n1.Cc1cc(C(=O)Cc2cccc(C(OCC3CC3)c3cccc(N)c3)c2)n(-c2cccc(CN)c2)n1. The van der Waals surface area contributed by atoms with Gasteiger partial charge in [-0.3, -0.25) is 9.59 Å². The molecule has 2 aromatic heterocycles. The Morgan fingerprint density at radius 1 is 0.500 bits per heavy atom. The van der Waals surface area contributed by atoms with E-state index in [0.717, 1.165) is 80.5 Å². The number of benzene rings is 6. The van der Waals surface area contributed by atoms with Crippen molar-refractivity contribution in [3.05, 3.63) is 225 Å². The number of anilines is 2. The third-order valence-corrected chi connectivity index (χ3v) is 13.1. The van der Waals surface area contributed by atoms with E-state index in [0.29, 0.717) is 47.7 Å². The van der Waals surface area contributed by atoms with Crippen molar-refractivity contribution in [3.63, 3.8) is 0 Å². The van der Waals surface area contributed by atoms with Crippen LogP contribution in [-0.4, -0.2) is 44.3 Å². The normalized spacial score (nSPS) is 14.1. The fraction of sp³-hybridized carbons (Fsp3) is 0.267. The summed E-state index contributed by atoms with van der Waals surface area (Å²) in [6.45, 7) is 6.11. The predicted octanol–water partition coefficient (Wildman–Crippen LogP) is 10.3. The van der Waals surface area contributed by atoms with E-state index in [2.05, 4.69) is 34.5 Å². The number of carbonyl (C=O) groups excluding carboxylic acids is 2. The molecule has 2 unspecified atom stereocenters. The van der Waals surface area contributed by atoms with E-state index in [1.165, 1.54) is 25.7 Å². The van der Waals surface area contributed by atoms with Crippen molar-refractivity contribution in [1.29, 1.82) is 0 Å². The molecule has 0 spiro atoms. The van der Waals surface area contributed by atoms with Gasteiger partial charge in [0.15, 0.2) is 11.6 Å². The van der Waals surface area contributed by atoms with Gasteiger partial charge in [-0.1, -0.05) is 97.1 Å². The summed E-state index contributed by atoms with van der Waals surface area (Å²) < 4.78 is 16.2. The zero-order valence-corrected chi connectivity index (χ0v) is 41.1. The summed E-state index contributed by atoms with van der Waals surface area (Å²) in [4.78, 5) is 26.9. The van der Waals surface area contributed by atoms with Crippen LogP contribution in [-0.2, 0) is 35.4 Å². The van der Waals surface area contributed by atoms with Crippen LogP contribution in [0.4, 0.5) is 11.4 Å². The van der Waals surface area contributed by atoms with E-state index in [1.807, 2.05) is 147 Å². The summed E-state index contributed by atoms with van der Waals surface area (Å²) in [6.07, 6.45) is 4.97. The lowest BCUT2D eigenvalue weighted by Gasteiger charge is -2.20. The number of carbonyl (C=O) groups is 2. The van der Waals surface area contributed by atoms with Crippen LogP contribution in [0.25, 0.3) is 11.4 Å². The third kappa shape index (κ3) is 12.7. The quantitative estimate of drug-likeness (QED) is 0.0422. The number of aryl methyl sites for hydroxylation is 2. The lowest BCUT2D eigenvalue weighted by Crippen LogP contribution is -2.13. The van der Waals surface area contributed by atoms with E-state index in [9.17, 15) is 9.59 Å². The number of nitrogens with two attached hydrogens (primary N) is 4. The molecule has 8 aromatic rings. The fourth-order valence-electron chi connectivity index (χ4n) is 8.95. The molecule has 0 amide bonds. The van der Waals surface area contributed by atoms with E-state index >= 15 is 0 Å². The molecular weight excluding hydrogens is 897 g/mol. The Bertz CT molecular complexity index is 2960. The minimum atomic E-state index is -0.226. The van der Waals surface area contributed by atoms with Crippen LogP contribution in [0, 0.1) is 25.7 Å². The van der Waals surface area contributed by atoms with Crippen molar-refractivity contribution in [1.82, 2.24) is 19.6 Å². The highest BCUT2D eigenvalue weighted by atomic mass is 16.5. The second-order valence-corrected chi connectivity index (χ2v) is 19.3. The summed E-state index contributed by atoms with van der Waals surface area (Å²) in [5, 5.41) is 9.17. The highest BCUT2D eigenvalue weighted by Crippen LogP contribution is 2.36. The van der Waals surface area contributed by atoms with Gasteiger partial charge < -0.3 is 32.4 Å². The molecule has 368 valence electrons. The first-order chi connectivity index (χ1) is 35.0. The number of nitrogens with zero attached hydrogens (tertiary/aromatic N) is 4. The Labute approximate surface area is 422 Å². The summed E-state index contributed by atoms with van der Waals surface area (Å²) in [6, 6.07) is 51.2. The van der Waals surface area contributed by atoms with Gasteiger partial charge in [-0.15, -0.1) is 0 Å². The molecule has 0 bridgehead atoms. The molecule has 2 saturated carbocycles. The molecule has 10 rings (SSSR count). The number of aromatic nitrogens is 4. The zero-order valence-electron chi connectivity index (χ0n) is 41.1. The van der Waals surface area contributed by atoms with Crippen molar-refractivity contribution >= 4 is 22.9 Å². The van der Waals surface area contributed by atoms with Gasteiger partial charge in [-0.05, 0) is 157 Å². The zero-order chi connectivity index (χ0) is 50.1. The van der Waals surface area contributed by atoms with Gasteiger partial charge >= 0.3 is 0 Å². The minimum absolute atomic E-state index is 0.00491. The highest BCUT2D eigenvalue weighted by molar-refractivity contribution is 5.97. The van der Waals surface area contributed by atoms with Gasteiger partial charge in [0, 0.05) is 37.3 Å². The second-order valence-electron chi connectivity index (χ2n) is 19.3. The molecular formula is C60H64N8O4. The molecule has 12 nitrogen and oxygen atoms in total. The number of nitrogen functional groups attached to an aromatic ring is 2. The Hall–Kier alpha value is -7.48. The van der Waals surface area contributed by atoms with Crippen LogP contribution in [0.15, 0.2) is 158 Å². The van der Waals surface area contributed by atoms with Gasteiger partial charge in [0.25, 0.3) is 0 Å². The average molecular weight is 961 g/mol. The maximum Gasteiger partial charge on any atom is 0.185 e. The average Bonchev–Trinajstić information content (AvgIpc) is 4.33. The van der Waals surface area contributed by atoms with Crippen molar-refractivity contribution < 1.29 is 19.1 Å². The number of hydrogen-bond acceptors (Lipinski definition) is 10. The predicted molar refractivity (Wildman–Crippen MR) is 284 cm³/mol. The number of hydrogen-bond donors (Lipinski definition) is 4. The van der Waals surface area contributed by atoms with E-state index in [1.54, 1.807) is 9.36 Å². The first-order valence-corrected chi connectivity index (χ1v) is 24.9. The van der Waals surface area contributed by atoms with Crippen LogP contribution in [0.1, 0.15) is 115 Å². The Morgan fingerprint density at radius 3 is 1.24 bits per heavy atom. The van der Waals surface area contributed by atoms with E-state index in [-0.39, 0.29) is 36.6 Å². The molecule has 2 heterocycles. The first kappa shape index (κ1) is 49.5. The molecule has 72 heavy (non-hydrogen) atoms. The molecule has 0 aliphatic heterocycles. The van der Waals surface area contributed by atoms with Crippen molar-refractivity contribution in [2.24, 2.45) is 23.3 Å². The monoisotopic (exact) mass is 961 g/mol. The van der Waals surface area contributed by atoms with Crippen molar-refractivity contribution in [3.8, 4) is 11.4 Å². The van der Waals surface area contributed by atoms with Crippen LogP contribution in [0.5, 0.6) is 0 Å². The molecule has 0 saturated heterocycles. The Morgan fingerprint density at radius 2 is 0.861 bits per heavy atom. The fourth-order valence-corrected chi connectivity index (χ4v) is 8.95. The van der Waals surface area contributed by atoms with Gasteiger partial charge in [-0.2, -0.15) is 10.2 Å². The van der Waals surface area contributed by atoms with E-state index in [4.69, 9.17) is 32.4 Å². The highest BCUT2D eigenvalue weighted by Gasteiger charge is 2.27. The minimum Gasteiger partial charge on any atom is -0.399 e. The van der Waals surface area contributed by atoms with E-state index < -0.39 is 0 Å². The second kappa shape index (κ2) is 22.7. The Balaban J connectivity index is 0.000000178. The van der Waals surface area contributed by atoms with Crippen molar-refractivity contribution in [2.45, 2.75) is 77.7 Å². The number of ether oxygens (including phenoxy) is 2. The topological polar surface area (TPSA) is 192 Å². The molecule has 12 heteroatoms. The van der Waals surface area contributed by atoms with Crippen molar-refractivity contribution in [2.75, 3.05) is 24.7 Å².